The van der Waals surface area contributed by atoms with Crippen LogP contribution in [0.5, 0.6) is 0 Å². The number of ether oxygens (including phenoxy) is 2. The molecule has 5 heteroatoms. The van der Waals surface area contributed by atoms with Crippen LogP contribution in [0.3, 0.4) is 0 Å². The number of hydrogen-bond donors (Lipinski definition) is 1. The molecule has 0 amide bonds. The fourth-order valence-electron chi connectivity index (χ4n) is 4.80. The first-order valence-electron chi connectivity index (χ1n) is 9.45. The van der Waals surface area contributed by atoms with Gasteiger partial charge in [0.15, 0.2) is 0 Å². The number of rotatable bonds is 4. The number of esters is 1. The Kier molecular flexibility index (Phi) is 4.79. The van der Waals surface area contributed by atoms with Crippen molar-refractivity contribution in [2.24, 2.45) is 11.8 Å². The van der Waals surface area contributed by atoms with Crippen LogP contribution in [0.15, 0.2) is 48.8 Å². The molecule has 1 aromatic heterocycles. The Balaban J connectivity index is 1.74. The first-order valence-corrected chi connectivity index (χ1v) is 9.45. The van der Waals surface area contributed by atoms with Crippen molar-refractivity contribution in [3.05, 3.63) is 60.0 Å². The van der Waals surface area contributed by atoms with Crippen LogP contribution < -0.4 is 0 Å². The SMILES string of the molecule is C=C[C@H]1CN2CCc3c([nH]c4ccccc34)[C@H]2C[C@@H]1C(=COC)C(=O)OC. The molecule has 1 fully saturated rings. The maximum Gasteiger partial charge on any atom is 0.337 e. The van der Waals surface area contributed by atoms with Gasteiger partial charge < -0.3 is 14.5 Å². The summed E-state index contributed by atoms with van der Waals surface area (Å²) in [6.45, 7) is 5.93. The number of nitrogens with zero attached hydrogens (tertiary/aromatic N) is 1. The lowest BCUT2D eigenvalue weighted by Crippen LogP contribution is -2.46. The van der Waals surface area contributed by atoms with Gasteiger partial charge in [-0.25, -0.2) is 4.79 Å². The van der Waals surface area contributed by atoms with Gasteiger partial charge in [-0.1, -0.05) is 24.3 Å². The molecule has 0 bridgehead atoms. The first-order chi connectivity index (χ1) is 13.2. The molecule has 142 valence electrons. The molecule has 2 aliphatic rings. The maximum atomic E-state index is 12.4. The van der Waals surface area contributed by atoms with E-state index in [-0.39, 0.29) is 23.8 Å². The van der Waals surface area contributed by atoms with E-state index in [9.17, 15) is 4.79 Å². The highest BCUT2D eigenvalue weighted by Crippen LogP contribution is 2.45. The van der Waals surface area contributed by atoms with E-state index in [0.29, 0.717) is 5.57 Å². The summed E-state index contributed by atoms with van der Waals surface area (Å²) >= 11 is 0. The number of benzene rings is 1. The Morgan fingerprint density at radius 3 is 2.89 bits per heavy atom. The molecule has 1 aromatic carbocycles. The summed E-state index contributed by atoms with van der Waals surface area (Å²) < 4.78 is 10.2. The number of piperidine rings is 1. The van der Waals surface area contributed by atoms with Gasteiger partial charge in [-0.15, -0.1) is 6.58 Å². The van der Waals surface area contributed by atoms with E-state index in [4.69, 9.17) is 9.47 Å². The van der Waals surface area contributed by atoms with Crippen molar-refractivity contribution in [1.29, 1.82) is 0 Å². The minimum absolute atomic E-state index is 0.0218. The molecular formula is C22H26N2O3. The van der Waals surface area contributed by atoms with Crippen LogP contribution in [0, 0.1) is 11.8 Å². The molecule has 0 aliphatic carbocycles. The topological polar surface area (TPSA) is 54.6 Å². The number of fused-ring (bicyclic) bond motifs is 5. The Labute approximate surface area is 159 Å². The Hall–Kier alpha value is -2.53. The van der Waals surface area contributed by atoms with E-state index in [1.807, 2.05) is 6.08 Å². The number of methoxy groups -OCH3 is 2. The number of aromatic amines is 1. The van der Waals surface area contributed by atoms with Crippen LogP contribution in [0.2, 0.25) is 0 Å². The van der Waals surface area contributed by atoms with Gasteiger partial charge in [0.2, 0.25) is 0 Å². The summed E-state index contributed by atoms with van der Waals surface area (Å²) in [5.41, 5.74) is 4.48. The van der Waals surface area contributed by atoms with E-state index < -0.39 is 0 Å². The average molecular weight is 366 g/mol. The predicted octanol–water partition coefficient (Wildman–Crippen LogP) is 3.59. The molecule has 0 saturated carbocycles. The van der Waals surface area contributed by atoms with Crippen LogP contribution in [0.25, 0.3) is 10.9 Å². The molecule has 1 saturated heterocycles. The number of H-pyrrole nitrogens is 1. The van der Waals surface area contributed by atoms with Crippen molar-refractivity contribution >= 4 is 16.9 Å². The molecule has 0 radical (unpaired) electrons. The van der Waals surface area contributed by atoms with E-state index in [2.05, 4.69) is 40.7 Å². The molecule has 5 nitrogen and oxygen atoms in total. The van der Waals surface area contributed by atoms with Gasteiger partial charge >= 0.3 is 5.97 Å². The number of aromatic nitrogens is 1. The maximum absolute atomic E-state index is 12.4. The third kappa shape index (κ3) is 2.96. The van der Waals surface area contributed by atoms with Crippen LogP contribution in [-0.2, 0) is 20.7 Å². The van der Waals surface area contributed by atoms with Crippen molar-refractivity contribution in [3.8, 4) is 0 Å². The quantitative estimate of drug-likeness (QED) is 0.389. The van der Waals surface area contributed by atoms with Crippen molar-refractivity contribution in [3.63, 3.8) is 0 Å². The zero-order valence-corrected chi connectivity index (χ0v) is 15.9. The standard InChI is InChI=1S/C22H26N2O3/c1-4-14-12-24-10-9-16-15-7-5-6-8-19(15)23-21(16)20(24)11-17(14)18(13-26-2)22(25)27-3/h4-8,13-14,17,20,23H,1,9-12H2,2-3H3/t14-,17-,20+/m0/s1. The zero-order valence-electron chi connectivity index (χ0n) is 15.9. The van der Waals surface area contributed by atoms with Gasteiger partial charge in [-0.05, 0) is 30.4 Å². The van der Waals surface area contributed by atoms with Gasteiger partial charge in [0.25, 0.3) is 0 Å². The lowest BCUT2D eigenvalue weighted by Gasteiger charge is -2.45. The van der Waals surface area contributed by atoms with Crippen LogP contribution >= 0.6 is 0 Å². The van der Waals surface area contributed by atoms with E-state index >= 15 is 0 Å². The lowest BCUT2D eigenvalue weighted by atomic mass is 9.75. The largest absolute Gasteiger partial charge is 0.504 e. The molecular weight excluding hydrogens is 340 g/mol. The third-order valence-corrected chi connectivity index (χ3v) is 6.08. The van der Waals surface area contributed by atoms with Gasteiger partial charge in [0.05, 0.1) is 32.1 Å². The average Bonchev–Trinajstić information content (AvgIpc) is 3.09. The van der Waals surface area contributed by atoms with Gasteiger partial charge in [-0.3, -0.25) is 4.90 Å². The molecule has 0 spiro atoms. The zero-order chi connectivity index (χ0) is 19.0. The fourth-order valence-corrected chi connectivity index (χ4v) is 4.80. The fraction of sp³-hybridized carbons (Fsp3) is 0.409. The molecule has 1 N–H and O–H groups in total. The third-order valence-electron chi connectivity index (χ3n) is 6.08. The monoisotopic (exact) mass is 366 g/mol. The van der Waals surface area contributed by atoms with Crippen molar-refractivity contribution in [2.45, 2.75) is 18.9 Å². The normalized spacial score (nSPS) is 25.6. The minimum Gasteiger partial charge on any atom is -0.504 e. The van der Waals surface area contributed by atoms with Crippen molar-refractivity contribution < 1.29 is 14.3 Å². The van der Waals surface area contributed by atoms with Crippen LogP contribution in [-0.4, -0.2) is 43.2 Å². The summed E-state index contributed by atoms with van der Waals surface area (Å²) in [4.78, 5) is 18.5. The minimum atomic E-state index is -0.324. The summed E-state index contributed by atoms with van der Waals surface area (Å²) in [5, 5.41) is 1.31. The summed E-state index contributed by atoms with van der Waals surface area (Å²) in [5.74, 6) is -0.115. The number of hydrogen-bond acceptors (Lipinski definition) is 4. The molecule has 27 heavy (non-hydrogen) atoms. The summed E-state index contributed by atoms with van der Waals surface area (Å²) in [6.07, 6.45) is 5.38. The molecule has 3 heterocycles. The number of nitrogens with one attached hydrogen (secondary N) is 1. The highest BCUT2D eigenvalue weighted by atomic mass is 16.5. The summed E-state index contributed by atoms with van der Waals surface area (Å²) in [7, 11) is 2.98. The number of carbonyl (C=O) groups is 1. The van der Waals surface area contributed by atoms with Crippen molar-refractivity contribution in [2.75, 3.05) is 27.3 Å². The van der Waals surface area contributed by atoms with Gasteiger partial charge in [0, 0.05) is 35.6 Å². The molecule has 0 unspecified atom stereocenters. The Morgan fingerprint density at radius 2 is 2.15 bits per heavy atom. The van der Waals surface area contributed by atoms with Crippen LogP contribution in [0.1, 0.15) is 23.7 Å². The lowest BCUT2D eigenvalue weighted by molar-refractivity contribution is -0.137. The number of carbonyl (C=O) groups excluding carboxylic acids is 1. The number of para-hydroxylation sites is 1. The first kappa shape index (κ1) is 17.9. The second kappa shape index (κ2) is 7.24. The molecule has 2 aromatic rings. The van der Waals surface area contributed by atoms with Gasteiger partial charge in [-0.2, -0.15) is 0 Å². The summed E-state index contributed by atoms with van der Waals surface area (Å²) in [6, 6.07) is 8.74. The van der Waals surface area contributed by atoms with Crippen molar-refractivity contribution in [1.82, 2.24) is 9.88 Å². The molecule has 2 aliphatic heterocycles. The highest BCUT2D eigenvalue weighted by Gasteiger charge is 2.42. The highest BCUT2D eigenvalue weighted by molar-refractivity contribution is 5.89. The predicted molar refractivity (Wildman–Crippen MR) is 105 cm³/mol. The van der Waals surface area contributed by atoms with E-state index in [1.165, 1.54) is 35.5 Å². The Bertz CT molecular complexity index is 898. The van der Waals surface area contributed by atoms with Gasteiger partial charge in [0.1, 0.15) is 0 Å². The van der Waals surface area contributed by atoms with Crippen LogP contribution in [0.4, 0.5) is 0 Å². The second-order valence-electron chi connectivity index (χ2n) is 7.37. The Morgan fingerprint density at radius 1 is 1.33 bits per heavy atom. The smallest absolute Gasteiger partial charge is 0.337 e. The second-order valence-corrected chi connectivity index (χ2v) is 7.37. The van der Waals surface area contributed by atoms with E-state index in [0.717, 1.165) is 25.9 Å². The molecule has 3 atom stereocenters. The molecule has 4 rings (SSSR count). The van der Waals surface area contributed by atoms with E-state index in [1.54, 1.807) is 7.11 Å².